The highest BCUT2D eigenvalue weighted by atomic mass is 16.3. The molecule has 29 heavy (non-hydrogen) atoms. The second-order valence-corrected chi connectivity index (χ2v) is 7.16. The average molecular weight is 387 g/mol. The zero-order chi connectivity index (χ0) is 19.6. The van der Waals surface area contributed by atoms with E-state index in [4.69, 9.17) is 9.40 Å². The van der Waals surface area contributed by atoms with Crippen LogP contribution >= 0.6 is 0 Å². The van der Waals surface area contributed by atoms with Crippen LogP contribution in [0.15, 0.2) is 71.5 Å². The van der Waals surface area contributed by atoms with E-state index in [1.807, 2.05) is 59.5 Å². The summed E-state index contributed by atoms with van der Waals surface area (Å²) in [5.74, 6) is 1.45. The van der Waals surface area contributed by atoms with Crippen molar-refractivity contribution in [3.8, 4) is 11.6 Å². The van der Waals surface area contributed by atoms with Crippen molar-refractivity contribution in [3.63, 3.8) is 0 Å². The van der Waals surface area contributed by atoms with E-state index in [-0.39, 0.29) is 12.1 Å². The van der Waals surface area contributed by atoms with Gasteiger partial charge in [0.1, 0.15) is 5.52 Å². The third kappa shape index (κ3) is 3.35. The summed E-state index contributed by atoms with van der Waals surface area (Å²) in [5.41, 5.74) is 2.72. The molecule has 1 fully saturated rings. The number of carbonyl (C=O) groups is 1. The molecule has 0 radical (unpaired) electrons. The maximum Gasteiger partial charge on any atom is 0.317 e. The number of aromatic nitrogens is 3. The van der Waals surface area contributed by atoms with Gasteiger partial charge in [-0.3, -0.25) is 0 Å². The number of pyridine rings is 1. The molecule has 1 atom stereocenters. The van der Waals surface area contributed by atoms with Crippen LogP contribution in [0.4, 0.5) is 4.79 Å². The Morgan fingerprint density at radius 1 is 1.14 bits per heavy atom. The van der Waals surface area contributed by atoms with Crippen LogP contribution in [0, 0.1) is 0 Å². The van der Waals surface area contributed by atoms with Crippen LogP contribution in [0.25, 0.3) is 22.7 Å². The van der Waals surface area contributed by atoms with E-state index in [0.717, 1.165) is 29.0 Å². The van der Waals surface area contributed by atoms with Gasteiger partial charge < -0.3 is 19.2 Å². The van der Waals surface area contributed by atoms with Crippen LogP contribution in [-0.4, -0.2) is 38.6 Å². The van der Waals surface area contributed by atoms with Crippen molar-refractivity contribution in [1.82, 2.24) is 24.8 Å². The van der Waals surface area contributed by atoms with E-state index in [0.29, 0.717) is 25.4 Å². The molecule has 1 aromatic carbocycles. The maximum absolute atomic E-state index is 12.7. The smallest absolute Gasteiger partial charge is 0.317 e. The summed E-state index contributed by atoms with van der Waals surface area (Å²) in [7, 11) is 0. The van der Waals surface area contributed by atoms with E-state index < -0.39 is 0 Å². The molecule has 0 bridgehead atoms. The second kappa shape index (κ2) is 7.43. The van der Waals surface area contributed by atoms with Gasteiger partial charge in [0, 0.05) is 25.8 Å². The molecule has 146 valence electrons. The molecule has 2 amide bonds. The lowest BCUT2D eigenvalue weighted by Gasteiger charge is -2.19. The fraction of sp³-hybridized carbons (Fsp3) is 0.227. The van der Waals surface area contributed by atoms with Gasteiger partial charge in [-0.05, 0) is 36.2 Å². The number of amides is 2. The number of hydrogen-bond donors (Lipinski definition) is 1. The Bertz CT molecular complexity index is 1120. The molecule has 1 saturated heterocycles. The summed E-state index contributed by atoms with van der Waals surface area (Å²) in [6, 6.07) is 17.6. The van der Waals surface area contributed by atoms with Gasteiger partial charge in [0.05, 0.1) is 12.3 Å². The number of carbonyl (C=O) groups excluding carboxylic acids is 1. The Hall–Kier alpha value is -3.61. The first-order valence-electron chi connectivity index (χ1n) is 9.73. The number of imidazole rings is 1. The Morgan fingerprint density at radius 2 is 2.03 bits per heavy atom. The standard InChI is InChI=1S/C22H21N5O2/c28-22(24-14-16-6-2-1-3-7-16)26-12-10-17(15-26)27-20-18(8-4-11-23-20)25-21(27)19-9-5-13-29-19/h1-9,11,13,17H,10,12,14-15H2,(H,24,28)/t17-/m0/s1. The summed E-state index contributed by atoms with van der Waals surface area (Å²) in [4.78, 5) is 23.8. The fourth-order valence-electron chi connectivity index (χ4n) is 3.88. The van der Waals surface area contributed by atoms with E-state index in [9.17, 15) is 4.79 Å². The van der Waals surface area contributed by atoms with Crippen molar-refractivity contribution in [3.05, 3.63) is 72.6 Å². The molecule has 1 aliphatic heterocycles. The number of rotatable bonds is 4. The second-order valence-electron chi connectivity index (χ2n) is 7.16. The van der Waals surface area contributed by atoms with E-state index in [1.165, 1.54) is 0 Å². The number of likely N-dealkylation sites (tertiary alicyclic amines) is 1. The molecule has 0 spiro atoms. The largest absolute Gasteiger partial charge is 0.461 e. The Morgan fingerprint density at radius 3 is 2.86 bits per heavy atom. The van der Waals surface area contributed by atoms with Crippen LogP contribution in [0.3, 0.4) is 0 Å². The van der Waals surface area contributed by atoms with Crippen LogP contribution in [-0.2, 0) is 6.54 Å². The van der Waals surface area contributed by atoms with Crippen molar-refractivity contribution >= 4 is 17.2 Å². The minimum atomic E-state index is -0.0479. The molecule has 0 saturated carbocycles. The van der Waals surface area contributed by atoms with E-state index in [1.54, 1.807) is 12.5 Å². The zero-order valence-corrected chi connectivity index (χ0v) is 15.9. The minimum Gasteiger partial charge on any atom is -0.461 e. The third-order valence-electron chi connectivity index (χ3n) is 5.29. The van der Waals surface area contributed by atoms with Gasteiger partial charge in [-0.25, -0.2) is 14.8 Å². The summed E-state index contributed by atoms with van der Waals surface area (Å²) >= 11 is 0. The van der Waals surface area contributed by atoms with Crippen LogP contribution in [0.2, 0.25) is 0 Å². The number of hydrogen-bond acceptors (Lipinski definition) is 4. The van der Waals surface area contributed by atoms with Crippen molar-refractivity contribution in [2.75, 3.05) is 13.1 Å². The highest BCUT2D eigenvalue weighted by Gasteiger charge is 2.31. The van der Waals surface area contributed by atoms with Gasteiger partial charge in [0.2, 0.25) is 0 Å². The molecular formula is C22H21N5O2. The van der Waals surface area contributed by atoms with Gasteiger partial charge in [-0.15, -0.1) is 0 Å². The molecular weight excluding hydrogens is 366 g/mol. The Labute approximate surface area is 168 Å². The number of furan rings is 1. The molecule has 1 aliphatic rings. The molecule has 3 aromatic heterocycles. The highest BCUT2D eigenvalue weighted by Crippen LogP contribution is 2.32. The lowest BCUT2D eigenvalue weighted by atomic mass is 10.2. The van der Waals surface area contributed by atoms with Gasteiger partial charge in [-0.2, -0.15) is 0 Å². The molecule has 7 heteroatoms. The van der Waals surface area contributed by atoms with E-state index >= 15 is 0 Å². The number of fused-ring (bicyclic) bond motifs is 1. The predicted molar refractivity (Wildman–Crippen MR) is 109 cm³/mol. The van der Waals surface area contributed by atoms with Crippen molar-refractivity contribution < 1.29 is 9.21 Å². The van der Waals surface area contributed by atoms with Gasteiger partial charge >= 0.3 is 6.03 Å². The first-order chi connectivity index (χ1) is 14.3. The topological polar surface area (TPSA) is 76.2 Å². The summed E-state index contributed by atoms with van der Waals surface area (Å²) in [6.45, 7) is 1.82. The molecule has 0 unspecified atom stereocenters. The first kappa shape index (κ1) is 17.5. The van der Waals surface area contributed by atoms with Crippen LogP contribution in [0.5, 0.6) is 0 Å². The maximum atomic E-state index is 12.7. The predicted octanol–water partition coefficient (Wildman–Crippen LogP) is 3.85. The minimum absolute atomic E-state index is 0.0479. The fourth-order valence-corrected chi connectivity index (χ4v) is 3.88. The van der Waals surface area contributed by atoms with Crippen molar-refractivity contribution in [2.24, 2.45) is 0 Å². The van der Waals surface area contributed by atoms with Crippen LogP contribution < -0.4 is 5.32 Å². The Kier molecular flexibility index (Phi) is 4.48. The van der Waals surface area contributed by atoms with Crippen molar-refractivity contribution in [1.29, 1.82) is 0 Å². The van der Waals surface area contributed by atoms with Gasteiger partial charge in [0.25, 0.3) is 0 Å². The molecule has 5 rings (SSSR count). The molecule has 1 N–H and O–H groups in total. The zero-order valence-electron chi connectivity index (χ0n) is 15.9. The monoisotopic (exact) mass is 387 g/mol. The normalized spacial score (nSPS) is 16.4. The highest BCUT2D eigenvalue weighted by molar-refractivity contribution is 5.77. The lowest BCUT2D eigenvalue weighted by Crippen LogP contribution is -2.38. The molecule has 4 heterocycles. The number of nitrogens with one attached hydrogen (secondary N) is 1. The van der Waals surface area contributed by atoms with Gasteiger partial charge in [0.15, 0.2) is 17.2 Å². The average Bonchev–Trinajstić information content (AvgIpc) is 3.51. The van der Waals surface area contributed by atoms with Gasteiger partial charge in [-0.1, -0.05) is 30.3 Å². The number of benzene rings is 1. The number of urea groups is 1. The molecule has 0 aliphatic carbocycles. The number of nitrogens with zero attached hydrogens (tertiary/aromatic N) is 4. The van der Waals surface area contributed by atoms with E-state index in [2.05, 4.69) is 14.9 Å². The SMILES string of the molecule is O=C(NCc1ccccc1)N1CC[C@H](n2c(-c3ccco3)nc3cccnc32)C1. The lowest BCUT2D eigenvalue weighted by molar-refractivity contribution is 0.207. The summed E-state index contributed by atoms with van der Waals surface area (Å²) in [6.07, 6.45) is 4.25. The third-order valence-corrected chi connectivity index (χ3v) is 5.29. The molecule has 4 aromatic rings. The van der Waals surface area contributed by atoms with Crippen molar-refractivity contribution in [2.45, 2.75) is 19.0 Å². The van der Waals surface area contributed by atoms with Crippen LogP contribution in [0.1, 0.15) is 18.0 Å². The first-order valence-corrected chi connectivity index (χ1v) is 9.73. The Balaban J connectivity index is 1.37. The molecule has 7 nitrogen and oxygen atoms in total. The summed E-state index contributed by atoms with van der Waals surface area (Å²) < 4.78 is 7.72. The quantitative estimate of drug-likeness (QED) is 0.577. The summed E-state index contributed by atoms with van der Waals surface area (Å²) in [5, 5.41) is 3.01.